The van der Waals surface area contributed by atoms with Crippen LogP contribution >= 0.6 is 0 Å². The second-order valence-corrected chi connectivity index (χ2v) is 19.2. The van der Waals surface area contributed by atoms with Crippen LogP contribution in [0.2, 0.25) is 0 Å². The molecule has 0 N–H and O–H groups in total. The summed E-state index contributed by atoms with van der Waals surface area (Å²) in [5.41, 5.74) is 0. The Kier molecular flexibility index (Phi) is 52.8. The first-order chi connectivity index (χ1) is 32.5. The highest BCUT2D eigenvalue weighted by Gasteiger charge is 2.19. The van der Waals surface area contributed by atoms with Gasteiger partial charge in [-0.2, -0.15) is 0 Å². The zero-order valence-electron chi connectivity index (χ0n) is 44.0. The van der Waals surface area contributed by atoms with Crippen LogP contribution in [0.3, 0.4) is 0 Å². The second-order valence-electron chi connectivity index (χ2n) is 19.2. The summed E-state index contributed by atoms with van der Waals surface area (Å²) in [6.45, 7) is 6.45. The van der Waals surface area contributed by atoms with Gasteiger partial charge in [-0.1, -0.05) is 268 Å². The minimum absolute atomic E-state index is 0.0807. The minimum Gasteiger partial charge on any atom is -0.462 e. The average Bonchev–Trinajstić information content (AvgIpc) is 3.31. The largest absolute Gasteiger partial charge is 0.462 e. The molecule has 0 saturated carbocycles. The molecule has 0 rings (SSSR count). The lowest BCUT2D eigenvalue weighted by molar-refractivity contribution is -0.167. The van der Waals surface area contributed by atoms with Gasteiger partial charge in [0.15, 0.2) is 6.10 Å². The molecule has 0 aromatic rings. The van der Waals surface area contributed by atoms with E-state index in [-0.39, 0.29) is 31.1 Å². The van der Waals surface area contributed by atoms with Gasteiger partial charge in [0.25, 0.3) is 0 Å². The molecule has 6 nitrogen and oxygen atoms in total. The summed E-state index contributed by atoms with van der Waals surface area (Å²) in [5, 5.41) is 0. The molecule has 66 heavy (non-hydrogen) atoms. The summed E-state index contributed by atoms with van der Waals surface area (Å²) >= 11 is 0. The van der Waals surface area contributed by atoms with Crippen molar-refractivity contribution in [1.82, 2.24) is 0 Å². The zero-order chi connectivity index (χ0) is 47.9. The number of ether oxygens (including phenoxy) is 3. The van der Waals surface area contributed by atoms with Crippen LogP contribution < -0.4 is 0 Å². The van der Waals surface area contributed by atoms with E-state index in [1.165, 1.54) is 154 Å². The molecule has 1 atom stereocenters. The van der Waals surface area contributed by atoms with Crippen LogP contribution in [-0.2, 0) is 28.6 Å². The second kappa shape index (κ2) is 55.0. The Labute approximate surface area is 409 Å². The molecule has 0 fully saturated rings. The number of unbranched alkanes of at least 4 members (excludes halogenated alkanes) is 33. The third-order valence-corrected chi connectivity index (χ3v) is 12.6. The summed E-state index contributed by atoms with van der Waals surface area (Å²) in [6.07, 6.45) is 67.3. The third kappa shape index (κ3) is 52.3. The first kappa shape index (κ1) is 63.4. The van der Waals surface area contributed by atoms with E-state index in [9.17, 15) is 14.4 Å². The Balaban J connectivity index is 4.04. The number of esters is 3. The summed E-state index contributed by atoms with van der Waals surface area (Å²) in [4.78, 5) is 37.7. The fraction of sp³-hybridized carbons (Fsp3) is 0.817. The Morgan fingerprint density at radius 2 is 0.591 bits per heavy atom. The average molecular weight is 926 g/mol. The smallest absolute Gasteiger partial charge is 0.306 e. The molecule has 0 aliphatic heterocycles. The normalized spacial score (nSPS) is 12.3. The van der Waals surface area contributed by atoms with Crippen molar-refractivity contribution in [3.05, 3.63) is 48.6 Å². The minimum atomic E-state index is -0.780. The van der Waals surface area contributed by atoms with Gasteiger partial charge in [-0.25, -0.2) is 0 Å². The van der Waals surface area contributed by atoms with E-state index in [4.69, 9.17) is 14.2 Å². The molecule has 0 bridgehead atoms. The molecule has 0 aliphatic carbocycles. The lowest BCUT2D eigenvalue weighted by Gasteiger charge is -2.18. The van der Waals surface area contributed by atoms with E-state index in [1.807, 2.05) is 0 Å². The topological polar surface area (TPSA) is 78.9 Å². The van der Waals surface area contributed by atoms with E-state index in [1.54, 1.807) is 0 Å². The van der Waals surface area contributed by atoms with Crippen molar-refractivity contribution in [2.24, 2.45) is 0 Å². The standard InChI is InChI=1S/C60H108O6/c1-4-7-10-13-15-17-19-21-23-25-26-27-28-29-30-31-32-33-35-36-38-40-42-44-47-50-53-59(62)65-56-57(55-64-58(61)52-49-46-12-9-6-3)66-60(63)54-51-48-45-43-41-39-37-34-24-22-20-18-16-14-11-8-5-2/h8,11,16,18,22,24,37,39,57H,4-7,9-10,12-15,17,19-21,23,25-36,38,40-56H2,1-3H3/b11-8-,18-16-,24-22-,39-37-. The van der Waals surface area contributed by atoms with Gasteiger partial charge in [-0.3, -0.25) is 14.4 Å². The van der Waals surface area contributed by atoms with Gasteiger partial charge in [-0.15, -0.1) is 0 Å². The first-order valence-electron chi connectivity index (χ1n) is 28.6. The van der Waals surface area contributed by atoms with Crippen molar-refractivity contribution in [1.29, 1.82) is 0 Å². The number of carbonyl (C=O) groups is 3. The molecule has 0 radical (unpaired) electrons. The van der Waals surface area contributed by atoms with Crippen molar-refractivity contribution in [3.8, 4) is 0 Å². The molecule has 0 aromatic heterocycles. The van der Waals surface area contributed by atoms with Crippen molar-refractivity contribution in [2.75, 3.05) is 13.2 Å². The molecular formula is C60H108O6. The highest BCUT2D eigenvalue weighted by molar-refractivity contribution is 5.71. The SMILES string of the molecule is CC/C=C\C/C=C\C/C=C\C/C=C\CCCCCCC(=O)OC(COC(=O)CCCCCCC)COC(=O)CCCCCCCCCCCCCCCCCCCCCCCCCCCC. The lowest BCUT2D eigenvalue weighted by Crippen LogP contribution is -2.30. The van der Waals surface area contributed by atoms with Crippen LogP contribution in [0.4, 0.5) is 0 Å². The summed E-state index contributed by atoms with van der Waals surface area (Å²) in [7, 11) is 0. The van der Waals surface area contributed by atoms with Gasteiger partial charge in [0.2, 0.25) is 0 Å². The van der Waals surface area contributed by atoms with Gasteiger partial charge in [0.05, 0.1) is 0 Å². The highest BCUT2D eigenvalue weighted by Crippen LogP contribution is 2.17. The van der Waals surface area contributed by atoms with Crippen LogP contribution in [-0.4, -0.2) is 37.2 Å². The van der Waals surface area contributed by atoms with Gasteiger partial charge in [0.1, 0.15) is 13.2 Å². The number of allylic oxidation sites excluding steroid dienone is 8. The van der Waals surface area contributed by atoms with E-state index in [0.29, 0.717) is 19.3 Å². The van der Waals surface area contributed by atoms with Crippen molar-refractivity contribution in [3.63, 3.8) is 0 Å². The van der Waals surface area contributed by atoms with Crippen molar-refractivity contribution in [2.45, 2.75) is 303 Å². The van der Waals surface area contributed by atoms with E-state index < -0.39 is 6.10 Å². The van der Waals surface area contributed by atoms with E-state index in [0.717, 1.165) is 103 Å². The fourth-order valence-electron chi connectivity index (χ4n) is 8.32. The maximum Gasteiger partial charge on any atom is 0.306 e. The molecule has 6 heteroatoms. The van der Waals surface area contributed by atoms with Gasteiger partial charge in [0, 0.05) is 19.3 Å². The zero-order valence-corrected chi connectivity index (χ0v) is 44.0. The Morgan fingerprint density at radius 1 is 0.318 bits per heavy atom. The molecule has 0 saturated heterocycles. The Morgan fingerprint density at radius 3 is 0.924 bits per heavy atom. The maximum absolute atomic E-state index is 12.7. The molecule has 0 aromatic carbocycles. The van der Waals surface area contributed by atoms with Crippen molar-refractivity contribution >= 4 is 17.9 Å². The van der Waals surface area contributed by atoms with Crippen LogP contribution in [0.5, 0.6) is 0 Å². The predicted molar refractivity (Wildman–Crippen MR) is 284 cm³/mol. The molecule has 0 heterocycles. The highest BCUT2D eigenvalue weighted by atomic mass is 16.6. The third-order valence-electron chi connectivity index (χ3n) is 12.6. The quantitative estimate of drug-likeness (QED) is 0.0262. The summed E-state index contributed by atoms with van der Waals surface area (Å²) in [6, 6.07) is 0. The fourth-order valence-corrected chi connectivity index (χ4v) is 8.32. The van der Waals surface area contributed by atoms with Gasteiger partial charge in [-0.05, 0) is 57.8 Å². The van der Waals surface area contributed by atoms with Crippen LogP contribution in [0.25, 0.3) is 0 Å². The lowest BCUT2D eigenvalue weighted by atomic mass is 10.0. The van der Waals surface area contributed by atoms with Crippen LogP contribution in [0.15, 0.2) is 48.6 Å². The predicted octanol–water partition coefficient (Wildman–Crippen LogP) is 19.0. The molecule has 384 valence electrons. The Hall–Kier alpha value is -2.63. The number of rotatable bonds is 52. The molecule has 0 spiro atoms. The molecule has 0 amide bonds. The van der Waals surface area contributed by atoms with E-state index in [2.05, 4.69) is 69.4 Å². The Bertz CT molecular complexity index is 1150. The van der Waals surface area contributed by atoms with Crippen LogP contribution in [0.1, 0.15) is 297 Å². The first-order valence-corrected chi connectivity index (χ1v) is 28.6. The van der Waals surface area contributed by atoms with Gasteiger partial charge < -0.3 is 14.2 Å². The number of carbonyl (C=O) groups excluding carboxylic acids is 3. The maximum atomic E-state index is 12.7. The molecule has 0 aliphatic rings. The molecule has 1 unspecified atom stereocenters. The van der Waals surface area contributed by atoms with Crippen molar-refractivity contribution < 1.29 is 28.6 Å². The monoisotopic (exact) mass is 925 g/mol. The molecular weight excluding hydrogens is 817 g/mol. The summed E-state index contributed by atoms with van der Waals surface area (Å²) < 4.78 is 16.7. The van der Waals surface area contributed by atoms with E-state index >= 15 is 0 Å². The number of hydrogen-bond acceptors (Lipinski definition) is 6. The van der Waals surface area contributed by atoms with Gasteiger partial charge >= 0.3 is 17.9 Å². The van der Waals surface area contributed by atoms with Crippen LogP contribution in [0, 0.1) is 0 Å². The summed E-state index contributed by atoms with van der Waals surface area (Å²) in [5.74, 6) is -0.908. The number of hydrogen-bond donors (Lipinski definition) is 0.